The monoisotopic (exact) mass is 428 g/mol. The number of benzene rings is 1. The summed E-state index contributed by atoms with van der Waals surface area (Å²) in [5.74, 6) is -1.76. The molecule has 8 nitrogen and oxygen atoms in total. The molecule has 31 heavy (non-hydrogen) atoms. The molecule has 0 radical (unpaired) electrons. The van der Waals surface area contributed by atoms with E-state index in [2.05, 4.69) is 15.6 Å². The Morgan fingerprint density at radius 2 is 2.16 bits per heavy atom. The molecule has 164 valence electrons. The number of halogens is 1. The zero-order valence-electron chi connectivity index (χ0n) is 17.2. The maximum Gasteiger partial charge on any atom is 0.263 e. The van der Waals surface area contributed by atoms with Gasteiger partial charge in [0.25, 0.3) is 11.8 Å². The van der Waals surface area contributed by atoms with Crippen molar-refractivity contribution >= 4 is 18.0 Å². The molecular weight excluding hydrogens is 403 g/mol. The summed E-state index contributed by atoms with van der Waals surface area (Å²) >= 11 is 0. The first-order valence-corrected chi connectivity index (χ1v) is 10.4. The number of ether oxygens (including phenoxy) is 1. The highest BCUT2D eigenvalue weighted by Crippen LogP contribution is 2.34. The number of aliphatic hydroxyl groups excluding tert-OH is 1. The highest BCUT2D eigenvalue weighted by atomic mass is 19.1. The molecule has 1 aromatic rings. The molecule has 3 N–H and O–H groups in total. The predicted molar refractivity (Wildman–Crippen MR) is 112 cm³/mol. The first-order valence-electron chi connectivity index (χ1n) is 10.4. The number of dihydropyridines is 1. The Bertz CT molecular complexity index is 970. The van der Waals surface area contributed by atoms with Crippen LogP contribution in [0.5, 0.6) is 0 Å². The molecule has 1 aromatic carbocycles. The van der Waals surface area contributed by atoms with Crippen LogP contribution in [0.4, 0.5) is 4.39 Å². The molecule has 9 heteroatoms. The second kappa shape index (κ2) is 8.89. The summed E-state index contributed by atoms with van der Waals surface area (Å²) in [4.78, 5) is 31.8. The van der Waals surface area contributed by atoms with Crippen LogP contribution in [0.2, 0.25) is 0 Å². The average Bonchev–Trinajstić information content (AvgIpc) is 2.77. The fourth-order valence-corrected chi connectivity index (χ4v) is 4.16. The van der Waals surface area contributed by atoms with E-state index in [1.54, 1.807) is 23.2 Å². The lowest BCUT2D eigenvalue weighted by molar-refractivity contribution is -0.134. The maximum absolute atomic E-state index is 13.2. The van der Waals surface area contributed by atoms with Crippen molar-refractivity contribution < 1.29 is 23.8 Å². The third-order valence-electron chi connectivity index (χ3n) is 5.62. The minimum absolute atomic E-state index is 0.239. The molecule has 0 spiro atoms. The molecule has 0 aliphatic carbocycles. The Kier molecular flexibility index (Phi) is 6.03. The minimum atomic E-state index is -0.745. The molecule has 2 atom stereocenters. The van der Waals surface area contributed by atoms with Crippen LogP contribution < -0.4 is 10.6 Å². The zero-order chi connectivity index (χ0) is 22.0. The van der Waals surface area contributed by atoms with Gasteiger partial charge in [-0.3, -0.25) is 14.6 Å². The zero-order valence-corrected chi connectivity index (χ0v) is 17.2. The molecule has 2 amide bonds. The lowest BCUT2D eigenvalue weighted by atomic mass is 9.86. The lowest BCUT2D eigenvalue weighted by Crippen LogP contribution is -2.62. The van der Waals surface area contributed by atoms with Crippen LogP contribution in [0.15, 0.2) is 51.9 Å². The van der Waals surface area contributed by atoms with E-state index in [-0.39, 0.29) is 23.7 Å². The van der Waals surface area contributed by atoms with E-state index in [1.807, 2.05) is 6.92 Å². The first-order chi connectivity index (χ1) is 15.0. The standard InChI is InChI=1S/C22H25FN4O4/c1-2-31-10-8-25-21(29)16-20(28)18-19-17(24-7-9-27(19)22(16)30)14(12-26-18)11-13-3-5-15(23)6-4-13/h3-6,12,18-19,24,28H,2,7-11H2,1H3,(H,25,29). The van der Waals surface area contributed by atoms with Gasteiger partial charge in [0.15, 0.2) is 0 Å². The molecule has 1 fully saturated rings. The molecule has 4 rings (SSSR count). The summed E-state index contributed by atoms with van der Waals surface area (Å²) < 4.78 is 18.4. The number of hydrogen-bond acceptors (Lipinski definition) is 6. The van der Waals surface area contributed by atoms with Crippen molar-refractivity contribution in [3.05, 3.63) is 58.2 Å². The van der Waals surface area contributed by atoms with Gasteiger partial charge in [0.2, 0.25) is 0 Å². The third kappa shape index (κ3) is 4.05. The van der Waals surface area contributed by atoms with Gasteiger partial charge in [-0.2, -0.15) is 0 Å². The molecule has 0 aromatic heterocycles. The molecule has 2 unspecified atom stereocenters. The summed E-state index contributed by atoms with van der Waals surface area (Å²) in [5, 5.41) is 16.8. The van der Waals surface area contributed by atoms with E-state index >= 15 is 0 Å². The van der Waals surface area contributed by atoms with E-state index in [4.69, 9.17) is 4.74 Å². The normalized spacial score (nSPS) is 22.4. The average molecular weight is 428 g/mol. The van der Waals surface area contributed by atoms with Gasteiger partial charge >= 0.3 is 0 Å². The summed E-state index contributed by atoms with van der Waals surface area (Å²) in [7, 11) is 0. The SMILES string of the molecule is CCOCCNC(=O)C1=C(O)C2N=CC(Cc3ccc(F)cc3)=C3NCCN(C1=O)C32. The summed E-state index contributed by atoms with van der Waals surface area (Å²) in [6.07, 6.45) is 2.17. The molecule has 0 bridgehead atoms. The highest BCUT2D eigenvalue weighted by molar-refractivity contribution is 6.19. The van der Waals surface area contributed by atoms with Gasteiger partial charge in [-0.25, -0.2) is 4.39 Å². The summed E-state index contributed by atoms with van der Waals surface area (Å²) in [6, 6.07) is 4.97. The Morgan fingerprint density at radius 1 is 1.39 bits per heavy atom. The smallest absolute Gasteiger partial charge is 0.263 e. The van der Waals surface area contributed by atoms with Gasteiger partial charge < -0.3 is 25.4 Å². The van der Waals surface area contributed by atoms with Crippen molar-refractivity contribution in [1.82, 2.24) is 15.5 Å². The molecule has 3 aliphatic rings. The fourth-order valence-electron chi connectivity index (χ4n) is 4.16. The topological polar surface area (TPSA) is 103 Å². The van der Waals surface area contributed by atoms with Crippen molar-refractivity contribution in [2.45, 2.75) is 25.4 Å². The van der Waals surface area contributed by atoms with Crippen molar-refractivity contribution in [1.29, 1.82) is 0 Å². The van der Waals surface area contributed by atoms with Gasteiger partial charge in [0.05, 0.1) is 6.61 Å². The Balaban J connectivity index is 1.60. The van der Waals surface area contributed by atoms with E-state index in [0.717, 1.165) is 16.8 Å². The van der Waals surface area contributed by atoms with Gasteiger partial charge in [-0.1, -0.05) is 12.1 Å². The number of aliphatic hydroxyl groups is 1. The first kappa shape index (κ1) is 21.0. The van der Waals surface area contributed by atoms with Crippen LogP contribution in [0.1, 0.15) is 12.5 Å². The molecule has 0 saturated carbocycles. The quantitative estimate of drug-likeness (QED) is 0.442. The third-order valence-corrected chi connectivity index (χ3v) is 5.62. The van der Waals surface area contributed by atoms with Gasteiger partial charge in [0.1, 0.15) is 29.2 Å². The van der Waals surface area contributed by atoms with Crippen molar-refractivity contribution in [2.24, 2.45) is 4.99 Å². The van der Waals surface area contributed by atoms with Crippen molar-refractivity contribution in [3.8, 4) is 0 Å². The van der Waals surface area contributed by atoms with Gasteiger partial charge in [0, 0.05) is 44.6 Å². The number of carbonyl (C=O) groups is 2. The van der Waals surface area contributed by atoms with Crippen molar-refractivity contribution in [3.63, 3.8) is 0 Å². The molecular formula is C22H25FN4O4. The van der Waals surface area contributed by atoms with E-state index < -0.39 is 23.9 Å². The largest absolute Gasteiger partial charge is 0.509 e. The number of nitrogens with zero attached hydrogens (tertiary/aromatic N) is 2. The van der Waals surface area contributed by atoms with Crippen LogP contribution in [-0.2, 0) is 20.7 Å². The summed E-state index contributed by atoms with van der Waals surface area (Å²) in [5.41, 5.74) is 2.30. The van der Waals surface area contributed by atoms with Crippen LogP contribution >= 0.6 is 0 Å². The number of amides is 2. The van der Waals surface area contributed by atoms with E-state index in [9.17, 15) is 19.1 Å². The van der Waals surface area contributed by atoms with Crippen LogP contribution in [-0.4, -0.2) is 73.0 Å². The number of hydrogen-bond donors (Lipinski definition) is 3. The number of allylic oxidation sites excluding steroid dienone is 1. The number of piperazine rings is 1. The predicted octanol–water partition coefficient (Wildman–Crippen LogP) is 0.854. The number of carbonyl (C=O) groups excluding carboxylic acids is 2. The second-order valence-corrected chi connectivity index (χ2v) is 7.55. The maximum atomic E-state index is 13.2. The Labute approximate surface area is 179 Å². The molecule has 3 heterocycles. The number of nitrogens with one attached hydrogen (secondary N) is 2. The van der Waals surface area contributed by atoms with Crippen LogP contribution in [0.3, 0.4) is 0 Å². The number of rotatable bonds is 7. The molecule has 1 saturated heterocycles. The van der Waals surface area contributed by atoms with Crippen LogP contribution in [0.25, 0.3) is 0 Å². The van der Waals surface area contributed by atoms with E-state index in [0.29, 0.717) is 32.7 Å². The Hall–Kier alpha value is -3.20. The van der Waals surface area contributed by atoms with Gasteiger partial charge in [-0.15, -0.1) is 0 Å². The second-order valence-electron chi connectivity index (χ2n) is 7.55. The Morgan fingerprint density at radius 3 is 2.90 bits per heavy atom. The highest BCUT2D eigenvalue weighted by Gasteiger charge is 2.48. The van der Waals surface area contributed by atoms with Crippen molar-refractivity contribution in [2.75, 3.05) is 32.8 Å². The number of aliphatic imine (C=N–C) groups is 1. The fraction of sp³-hybridized carbons (Fsp3) is 0.409. The van der Waals surface area contributed by atoms with Gasteiger partial charge in [-0.05, 0) is 30.2 Å². The summed E-state index contributed by atoms with van der Waals surface area (Å²) in [6.45, 7) is 3.85. The minimum Gasteiger partial charge on any atom is -0.509 e. The lowest BCUT2D eigenvalue weighted by Gasteiger charge is -2.46. The van der Waals surface area contributed by atoms with Crippen LogP contribution in [0, 0.1) is 5.82 Å². The molecule has 3 aliphatic heterocycles. The van der Waals surface area contributed by atoms with E-state index in [1.165, 1.54) is 12.1 Å².